The van der Waals surface area contributed by atoms with Crippen LogP contribution in [0.25, 0.3) is 0 Å². The zero-order chi connectivity index (χ0) is 15.1. The molecule has 1 fully saturated rings. The summed E-state index contributed by atoms with van der Waals surface area (Å²) in [5.74, 6) is 0.787. The quantitative estimate of drug-likeness (QED) is 0.812. The van der Waals surface area contributed by atoms with Crippen molar-refractivity contribution in [1.82, 2.24) is 4.90 Å². The smallest absolute Gasteiger partial charge is 0.253 e. The van der Waals surface area contributed by atoms with E-state index in [1.54, 1.807) is 7.11 Å². The van der Waals surface area contributed by atoms with Crippen LogP contribution in [0.5, 0.6) is 5.75 Å². The first kappa shape index (κ1) is 18.7. The Kier molecular flexibility index (Phi) is 8.24. The fraction of sp³-hybridized carbons (Fsp3) is 0.562. The van der Waals surface area contributed by atoms with Crippen molar-refractivity contribution in [3.05, 3.63) is 29.8 Å². The molecule has 0 aliphatic carbocycles. The maximum atomic E-state index is 12.4. The number of carbonyl (C=O) groups excluding carboxylic acids is 1. The fourth-order valence-electron chi connectivity index (χ4n) is 2.40. The number of rotatable bonds is 6. The van der Waals surface area contributed by atoms with Crippen molar-refractivity contribution < 1.29 is 14.3 Å². The molecule has 6 heteroatoms. The maximum Gasteiger partial charge on any atom is 0.253 e. The number of hydrogen-bond donors (Lipinski definition) is 1. The highest BCUT2D eigenvalue weighted by Crippen LogP contribution is 2.17. The number of halogens is 1. The van der Waals surface area contributed by atoms with Crippen LogP contribution in [0, 0.1) is 0 Å². The van der Waals surface area contributed by atoms with E-state index in [4.69, 9.17) is 15.2 Å². The molecule has 0 saturated carbocycles. The molecule has 0 aromatic heterocycles. The molecule has 1 aromatic rings. The van der Waals surface area contributed by atoms with Crippen molar-refractivity contribution in [2.45, 2.75) is 25.3 Å². The number of likely N-dealkylation sites (tertiary alicyclic amines) is 1. The van der Waals surface area contributed by atoms with Gasteiger partial charge < -0.3 is 20.1 Å². The molecule has 0 unspecified atom stereocenters. The van der Waals surface area contributed by atoms with Gasteiger partial charge in [0.2, 0.25) is 0 Å². The van der Waals surface area contributed by atoms with E-state index in [0.29, 0.717) is 18.8 Å². The SMILES string of the molecule is COCCCOc1cccc(C(=O)N2CCC(N)CC2)c1.Cl. The van der Waals surface area contributed by atoms with Gasteiger partial charge in [0.1, 0.15) is 5.75 Å². The topological polar surface area (TPSA) is 64.8 Å². The van der Waals surface area contributed by atoms with E-state index in [2.05, 4.69) is 0 Å². The predicted octanol–water partition coefficient (Wildman–Crippen LogP) is 2.09. The van der Waals surface area contributed by atoms with Crippen molar-refractivity contribution in [3.8, 4) is 5.75 Å². The number of ether oxygens (including phenoxy) is 2. The second-order valence-electron chi connectivity index (χ2n) is 5.35. The molecule has 0 radical (unpaired) electrons. The first-order valence-electron chi connectivity index (χ1n) is 7.47. The summed E-state index contributed by atoms with van der Waals surface area (Å²) in [7, 11) is 1.67. The van der Waals surface area contributed by atoms with Crippen LogP contribution in [0.3, 0.4) is 0 Å². The molecule has 0 bridgehead atoms. The summed E-state index contributed by atoms with van der Waals surface area (Å²) >= 11 is 0. The van der Waals surface area contributed by atoms with Crippen LogP contribution < -0.4 is 10.5 Å². The van der Waals surface area contributed by atoms with Gasteiger partial charge >= 0.3 is 0 Å². The van der Waals surface area contributed by atoms with Gasteiger partial charge in [-0.15, -0.1) is 12.4 Å². The Morgan fingerprint density at radius 2 is 2.05 bits per heavy atom. The number of amides is 1. The fourth-order valence-corrected chi connectivity index (χ4v) is 2.40. The second kappa shape index (κ2) is 9.66. The van der Waals surface area contributed by atoms with Crippen LogP contribution in [0.15, 0.2) is 24.3 Å². The Morgan fingerprint density at radius 3 is 2.73 bits per heavy atom. The third-order valence-electron chi connectivity index (χ3n) is 3.67. The highest BCUT2D eigenvalue weighted by Gasteiger charge is 2.21. The number of methoxy groups -OCH3 is 1. The molecule has 1 aromatic carbocycles. The summed E-state index contributed by atoms with van der Waals surface area (Å²) in [5.41, 5.74) is 6.55. The lowest BCUT2D eigenvalue weighted by molar-refractivity contribution is 0.0714. The largest absolute Gasteiger partial charge is 0.493 e. The summed E-state index contributed by atoms with van der Waals surface area (Å²) in [6, 6.07) is 7.59. The summed E-state index contributed by atoms with van der Waals surface area (Å²) < 4.78 is 10.6. The Balaban J connectivity index is 0.00000242. The maximum absolute atomic E-state index is 12.4. The normalized spacial score (nSPS) is 15.3. The molecular weight excluding hydrogens is 304 g/mol. The minimum atomic E-state index is 0. The van der Waals surface area contributed by atoms with Crippen molar-refractivity contribution in [2.75, 3.05) is 33.4 Å². The van der Waals surface area contributed by atoms with E-state index < -0.39 is 0 Å². The molecule has 5 nitrogen and oxygen atoms in total. The summed E-state index contributed by atoms with van der Waals surface area (Å²) in [4.78, 5) is 14.3. The molecule has 0 atom stereocenters. The van der Waals surface area contributed by atoms with Gasteiger partial charge in [0, 0.05) is 44.8 Å². The van der Waals surface area contributed by atoms with Crippen molar-refractivity contribution >= 4 is 18.3 Å². The number of carbonyl (C=O) groups is 1. The first-order valence-corrected chi connectivity index (χ1v) is 7.47. The van der Waals surface area contributed by atoms with Crippen LogP contribution in [0.1, 0.15) is 29.6 Å². The molecule has 2 rings (SSSR count). The van der Waals surface area contributed by atoms with Gasteiger partial charge in [-0.3, -0.25) is 4.79 Å². The van der Waals surface area contributed by atoms with Gasteiger partial charge in [0.15, 0.2) is 0 Å². The molecule has 22 heavy (non-hydrogen) atoms. The van der Waals surface area contributed by atoms with Gasteiger partial charge in [-0.25, -0.2) is 0 Å². The number of benzene rings is 1. The minimum Gasteiger partial charge on any atom is -0.493 e. The standard InChI is InChI=1S/C16H24N2O3.ClH/c1-20-10-3-11-21-15-5-2-4-13(12-15)16(19)18-8-6-14(17)7-9-18;/h2,4-5,12,14H,3,6-11,17H2,1H3;1H. The lowest BCUT2D eigenvalue weighted by Crippen LogP contribution is -2.42. The lowest BCUT2D eigenvalue weighted by Gasteiger charge is -2.30. The van der Waals surface area contributed by atoms with Crippen LogP contribution in [0.2, 0.25) is 0 Å². The molecule has 2 N–H and O–H groups in total. The average molecular weight is 329 g/mol. The summed E-state index contributed by atoms with van der Waals surface area (Å²) in [5, 5.41) is 0. The third kappa shape index (κ3) is 5.48. The van der Waals surface area contributed by atoms with E-state index in [9.17, 15) is 4.79 Å². The van der Waals surface area contributed by atoms with E-state index >= 15 is 0 Å². The van der Waals surface area contributed by atoms with Gasteiger partial charge in [-0.2, -0.15) is 0 Å². The average Bonchev–Trinajstić information content (AvgIpc) is 2.52. The first-order chi connectivity index (χ1) is 10.2. The zero-order valence-corrected chi connectivity index (χ0v) is 13.8. The molecular formula is C16H25ClN2O3. The van der Waals surface area contributed by atoms with Gasteiger partial charge in [-0.1, -0.05) is 6.07 Å². The second-order valence-corrected chi connectivity index (χ2v) is 5.35. The predicted molar refractivity (Wildman–Crippen MR) is 88.8 cm³/mol. The van der Waals surface area contributed by atoms with Crippen molar-refractivity contribution in [1.29, 1.82) is 0 Å². The highest BCUT2D eigenvalue weighted by atomic mass is 35.5. The number of nitrogens with two attached hydrogens (primary N) is 1. The van der Waals surface area contributed by atoms with Crippen molar-refractivity contribution in [2.24, 2.45) is 5.73 Å². The van der Waals surface area contributed by atoms with Crippen LogP contribution in [-0.2, 0) is 4.74 Å². The van der Waals surface area contributed by atoms with Crippen LogP contribution in [0.4, 0.5) is 0 Å². The third-order valence-corrected chi connectivity index (χ3v) is 3.67. The van der Waals surface area contributed by atoms with E-state index in [1.807, 2.05) is 29.2 Å². The minimum absolute atomic E-state index is 0. The van der Waals surface area contributed by atoms with Gasteiger partial charge in [0.05, 0.1) is 6.61 Å². The lowest BCUT2D eigenvalue weighted by atomic mass is 10.0. The molecule has 1 heterocycles. The van der Waals surface area contributed by atoms with Crippen LogP contribution in [-0.4, -0.2) is 50.3 Å². The Morgan fingerprint density at radius 1 is 1.32 bits per heavy atom. The van der Waals surface area contributed by atoms with E-state index in [-0.39, 0.29) is 24.4 Å². The van der Waals surface area contributed by atoms with Crippen LogP contribution >= 0.6 is 12.4 Å². The Hall–Kier alpha value is -1.30. The molecule has 1 saturated heterocycles. The van der Waals surface area contributed by atoms with Gasteiger partial charge in [-0.05, 0) is 31.0 Å². The molecule has 0 spiro atoms. The Labute approximate surface area is 138 Å². The number of nitrogens with zero attached hydrogens (tertiary/aromatic N) is 1. The van der Waals surface area contributed by atoms with E-state index in [1.165, 1.54) is 0 Å². The summed E-state index contributed by atoms with van der Waals surface area (Å²) in [6.45, 7) is 2.73. The number of piperidine rings is 1. The molecule has 1 amide bonds. The highest BCUT2D eigenvalue weighted by molar-refractivity contribution is 5.94. The van der Waals surface area contributed by atoms with E-state index in [0.717, 1.165) is 38.1 Å². The summed E-state index contributed by atoms with van der Waals surface area (Å²) in [6.07, 6.45) is 2.58. The molecule has 124 valence electrons. The zero-order valence-electron chi connectivity index (χ0n) is 13.0. The number of hydrogen-bond acceptors (Lipinski definition) is 4. The molecule has 1 aliphatic heterocycles. The monoisotopic (exact) mass is 328 g/mol. The van der Waals surface area contributed by atoms with Gasteiger partial charge in [0.25, 0.3) is 5.91 Å². The Bertz CT molecular complexity index is 462. The molecule has 1 aliphatic rings. The van der Waals surface area contributed by atoms with Crippen molar-refractivity contribution in [3.63, 3.8) is 0 Å².